The lowest BCUT2D eigenvalue weighted by molar-refractivity contribution is -0.151. The van der Waals surface area contributed by atoms with Crippen LogP contribution in [0.25, 0.3) is 0 Å². The van der Waals surface area contributed by atoms with Gasteiger partial charge in [-0.15, -0.1) is 0 Å². The Morgan fingerprint density at radius 2 is 1.60 bits per heavy atom. The normalized spacial score (nSPS) is 16.7. The van der Waals surface area contributed by atoms with Gasteiger partial charge in [0.05, 0.1) is 6.10 Å². The van der Waals surface area contributed by atoms with Crippen LogP contribution >= 0.6 is 0 Å². The molecule has 1 saturated carbocycles. The summed E-state index contributed by atoms with van der Waals surface area (Å²) in [6, 6.07) is 8.00. The Hall–Kier alpha value is -2.37. The van der Waals surface area contributed by atoms with Crippen molar-refractivity contribution in [3.8, 4) is 0 Å². The first-order chi connectivity index (χ1) is 14.3. The molecule has 2 amide bonds. The van der Waals surface area contributed by atoms with Gasteiger partial charge in [0, 0.05) is 12.3 Å². The van der Waals surface area contributed by atoms with Crippen LogP contribution in [0.15, 0.2) is 30.3 Å². The van der Waals surface area contributed by atoms with Gasteiger partial charge in [-0.05, 0) is 38.2 Å². The molecule has 2 rings (SSSR count). The van der Waals surface area contributed by atoms with E-state index in [2.05, 4.69) is 10.6 Å². The molecule has 0 saturated heterocycles. The number of hydrogen-bond acceptors (Lipinski definition) is 4. The smallest absolute Gasteiger partial charge is 0.329 e. The predicted molar refractivity (Wildman–Crippen MR) is 117 cm³/mol. The summed E-state index contributed by atoms with van der Waals surface area (Å²) in [7, 11) is 0. The number of esters is 1. The maximum atomic E-state index is 13.1. The maximum Gasteiger partial charge on any atom is 0.329 e. The first-order valence-corrected chi connectivity index (χ1v) is 11.1. The van der Waals surface area contributed by atoms with E-state index in [1.54, 1.807) is 13.8 Å². The molecule has 1 aromatic rings. The van der Waals surface area contributed by atoms with Gasteiger partial charge in [-0.1, -0.05) is 63.4 Å². The Labute approximate surface area is 180 Å². The Morgan fingerprint density at radius 3 is 2.17 bits per heavy atom. The van der Waals surface area contributed by atoms with Crippen LogP contribution in [0.1, 0.15) is 65.4 Å². The molecule has 0 radical (unpaired) electrons. The zero-order valence-corrected chi connectivity index (χ0v) is 18.6. The van der Waals surface area contributed by atoms with Crippen LogP contribution in [0.5, 0.6) is 0 Å². The summed E-state index contributed by atoms with van der Waals surface area (Å²) in [6.45, 7) is 7.34. The molecule has 2 atom stereocenters. The highest BCUT2D eigenvalue weighted by molar-refractivity contribution is 5.91. The van der Waals surface area contributed by atoms with Crippen molar-refractivity contribution in [2.24, 2.45) is 11.8 Å². The average molecular weight is 417 g/mol. The van der Waals surface area contributed by atoms with Crippen molar-refractivity contribution in [3.63, 3.8) is 0 Å². The van der Waals surface area contributed by atoms with E-state index in [4.69, 9.17) is 4.74 Å². The van der Waals surface area contributed by atoms with Gasteiger partial charge in [0.1, 0.15) is 12.1 Å². The molecule has 6 nitrogen and oxygen atoms in total. The molecule has 1 aromatic carbocycles. The van der Waals surface area contributed by atoms with E-state index in [0.717, 1.165) is 37.7 Å². The Kier molecular flexibility index (Phi) is 9.34. The number of hydrogen-bond donors (Lipinski definition) is 2. The third-order valence-electron chi connectivity index (χ3n) is 5.46. The molecule has 30 heavy (non-hydrogen) atoms. The van der Waals surface area contributed by atoms with Crippen molar-refractivity contribution in [2.45, 2.75) is 84.4 Å². The molecular weight excluding hydrogens is 380 g/mol. The van der Waals surface area contributed by atoms with Gasteiger partial charge >= 0.3 is 5.97 Å². The van der Waals surface area contributed by atoms with Gasteiger partial charge in [0.15, 0.2) is 0 Å². The number of benzene rings is 1. The second-order valence-corrected chi connectivity index (χ2v) is 8.80. The van der Waals surface area contributed by atoms with Crippen LogP contribution < -0.4 is 10.6 Å². The van der Waals surface area contributed by atoms with Gasteiger partial charge in [0.25, 0.3) is 0 Å². The first-order valence-electron chi connectivity index (χ1n) is 11.1. The van der Waals surface area contributed by atoms with Crippen LogP contribution in [-0.2, 0) is 25.5 Å². The Morgan fingerprint density at radius 1 is 0.967 bits per heavy atom. The quantitative estimate of drug-likeness (QED) is 0.605. The highest BCUT2D eigenvalue weighted by Crippen LogP contribution is 2.24. The van der Waals surface area contributed by atoms with Gasteiger partial charge < -0.3 is 15.4 Å². The Bertz CT molecular complexity index is 696. The van der Waals surface area contributed by atoms with E-state index in [-0.39, 0.29) is 29.8 Å². The molecule has 0 unspecified atom stereocenters. The van der Waals surface area contributed by atoms with Gasteiger partial charge in [0.2, 0.25) is 11.8 Å². The van der Waals surface area contributed by atoms with Crippen molar-refractivity contribution in [1.29, 1.82) is 0 Å². The maximum absolute atomic E-state index is 13.1. The van der Waals surface area contributed by atoms with E-state index in [0.29, 0.717) is 6.42 Å². The lowest BCUT2D eigenvalue weighted by atomic mass is 9.88. The van der Waals surface area contributed by atoms with Gasteiger partial charge in [-0.25, -0.2) is 4.79 Å². The van der Waals surface area contributed by atoms with Crippen LogP contribution in [0, 0.1) is 11.8 Å². The fourth-order valence-corrected chi connectivity index (χ4v) is 3.79. The molecule has 166 valence electrons. The van der Waals surface area contributed by atoms with E-state index < -0.39 is 18.1 Å². The predicted octanol–water partition coefficient (Wildman–Crippen LogP) is 3.39. The summed E-state index contributed by atoms with van der Waals surface area (Å²) < 4.78 is 5.36. The minimum atomic E-state index is -0.810. The number of ether oxygens (including phenoxy) is 1. The van der Waals surface area contributed by atoms with Crippen LogP contribution in [0.3, 0.4) is 0 Å². The second-order valence-electron chi connectivity index (χ2n) is 8.80. The molecule has 0 spiro atoms. The van der Waals surface area contributed by atoms with Crippen LogP contribution in [-0.4, -0.2) is 36.0 Å². The van der Waals surface area contributed by atoms with Crippen molar-refractivity contribution in [3.05, 3.63) is 35.9 Å². The van der Waals surface area contributed by atoms with Crippen molar-refractivity contribution < 1.29 is 19.1 Å². The fraction of sp³-hybridized carbons (Fsp3) is 0.625. The molecule has 1 aliphatic carbocycles. The zero-order valence-electron chi connectivity index (χ0n) is 18.6. The lowest BCUT2D eigenvalue weighted by Crippen LogP contribution is -2.55. The number of carbonyl (C=O) groups excluding carboxylic acids is 3. The van der Waals surface area contributed by atoms with Gasteiger partial charge in [-0.3, -0.25) is 9.59 Å². The standard InChI is InChI=1S/C24H36N2O4/c1-16(2)21(26-22(27)19-13-9-6-10-14-19)23(28)25-20(24(29)30-17(3)4)15-18-11-7-5-8-12-18/h5,7-8,11-12,16-17,19-21H,6,9-10,13-15H2,1-4H3,(H,25,28)(H,26,27)/t20-,21+/m1/s1. The zero-order chi connectivity index (χ0) is 22.1. The molecule has 0 aliphatic heterocycles. The number of amides is 2. The second kappa shape index (κ2) is 11.7. The third-order valence-corrected chi connectivity index (χ3v) is 5.46. The summed E-state index contributed by atoms with van der Waals surface area (Å²) in [5.41, 5.74) is 0.927. The molecule has 0 heterocycles. The summed E-state index contributed by atoms with van der Waals surface area (Å²) in [4.78, 5) is 38.4. The molecule has 0 bridgehead atoms. The molecule has 1 aliphatic rings. The monoisotopic (exact) mass is 416 g/mol. The average Bonchev–Trinajstić information content (AvgIpc) is 2.71. The lowest BCUT2D eigenvalue weighted by Gasteiger charge is -2.28. The molecular formula is C24H36N2O4. The summed E-state index contributed by atoms with van der Waals surface area (Å²) in [5, 5.41) is 5.76. The van der Waals surface area contributed by atoms with Crippen molar-refractivity contribution in [1.82, 2.24) is 10.6 Å². The molecule has 0 aromatic heterocycles. The summed E-state index contributed by atoms with van der Waals surface area (Å²) in [6.07, 6.45) is 5.06. The third kappa shape index (κ3) is 7.47. The van der Waals surface area contributed by atoms with E-state index in [9.17, 15) is 14.4 Å². The molecule has 2 N–H and O–H groups in total. The van der Waals surface area contributed by atoms with E-state index >= 15 is 0 Å². The topological polar surface area (TPSA) is 84.5 Å². The molecule has 6 heteroatoms. The highest BCUT2D eigenvalue weighted by atomic mass is 16.5. The van der Waals surface area contributed by atoms with Crippen molar-refractivity contribution >= 4 is 17.8 Å². The minimum Gasteiger partial charge on any atom is -0.461 e. The number of nitrogens with one attached hydrogen (secondary N) is 2. The summed E-state index contributed by atoms with van der Waals surface area (Å²) in [5.74, 6) is -1.01. The largest absolute Gasteiger partial charge is 0.461 e. The van der Waals surface area contributed by atoms with Crippen LogP contribution in [0.2, 0.25) is 0 Å². The number of rotatable bonds is 9. The first kappa shape index (κ1) is 23.9. The summed E-state index contributed by atoms with van der Waals surface area (Å²) >= 11 is 0. The van der Waals surface area contributed by atoms with E-state index in [1.165, 1.54) is 0 Å². The van der Waals surface area contributed by atoms with Gasteiger partial charge in [-0.2, -0.15) is 0 Å². The molecule has 1 fully saturated rings. The van der Waals surface area contributed by atoms with E-state index in [1.807, 2.05) is 44.2 Å². The van der Waals surface area contributed by atoms with Crippen LogP contribution in [0.4, 0.5) is 0 Å². The number of carbonyl (C=O) groups is 3. The SMILES string of the molecule is CC(C)OC(=O)[C@@H](Cc1ccccc1)NC(=O)[C@@H](NC(=O)C1CCCCC1)C(C)C. The fourth-order valence-electron chi connectivity index (χ4n) is 3.79. The highest BCUT2D eigenvalue weighted by Gasteiger charge is 2.32. The Balaban J connectivity index is 2.08. The minimum absolute atomic E-state index is 0.0289. The van der Waals surface area contributed by atoms with Crippen molar-refractivity contribution in [2.75, 3.05) is 0 Å².